The van der Waals surface area contributed by atoms with Crippen molar-refractivity contribution in [1.82, 2.24) is 9.97 Å². The van der Waals surface area contributed by atoms with Gasteiger partial charge in [0.1, 0.15) is 16.5 Å². The van der Waals surface area contributed by atoms with E-state index in [1.165, 1.54) is 40.7 Å². The van der Waals surface area contributed by atoms with Gasteiger partial charge in [-0.1, -0.05) is 6.07 Å². The van der Waals surface area contributed by atoms with E-state index in [2.05, 4.69) is 22.4 Å². The lowest BCUT2D eigenvalue weighted by atomic mass is 9.97. The summed E-state index contributed by atoms with van der Waals surface area (Å²) in [4.78, 5) is 12.0. The third kappa shape index (κ3) is 2.78. The molecule has 1 aliphatic carbocycles. The van der Waals surface area contributed by atoms with E-state index in [1.807, 2.05) is 24.3 Å². The number of benzene rings is 1. The number of ether oxygens (including phenoxy) is 2. The second kappa shape index (κ2) is 6.43. The molecule has 0 spiro atoms. The molecular weight excluding hydrogens is 346 g/mol. The molecule has 0 saturated carbocycles. The topological polar surface area (TPSA) is 56.3 Å². The second-order valence-electron chi connectivity index (χ2n) is 6.87. The van der Waals surface area contributed by atoms with Crippen molar-refractivity contribution in [1.29, 1.82) is 0 Å². The molecule has 0 unspecified atom stereocenters. The molecular formula is C20H21N3O2S. The third-order valence-corrected chi connectivity index (χ3v) is 6.26. The van der Waals surface area contributed by atoms with Crippen molar-refractivity contribution >= 4 is 27.4 Å². The Morgan fingerprint density at radius 1 is 1.12 bits per heavy atom. The van der Waals surface area contributed by atoms with Crippen LogP contribution in [0.1, 0.15) is 34.7 Å². The maximum Gasteiger partial charge on any atom is 0.231 e. The smallest absolute Gasteiger partial charge is 0.231 e. The maximum absolute atomic E-state index is 5.47. The van der Waals surface area contributed by atoms with Gasteiger partial charge in [0.25, 0.3) is 0 Å². The zero-order chi connectivity index (χ0) is 17.5. The monoisotopic (exact) mass is 367 g/mol. The van der Waals surface area contributed by atoms with Crippen LogP contribution in [0.3, 0.4) is 0 Å². The molecule has 6 heteroatoms. The molecule has 3 heterocycles. The largest absolute Gasteiger partial charge is 0.454 e. The van der Waals surface area contributed by atoms with E-state index in [-0.39, 0.29) is 0 Å². The first-order valence-corrected chi connectivity index (χ1v) is 10.0. The highest BCUT2D eigenvalue weighted by Crippen LogP contribution is 2.38. The van der Waals surface area contributed by atoms with Crippen molar-refractivity contribution in [2.24, 2.45) is 0 Å². The fraction of sp³-hybridized carbons (Fsp3) is 0.400. The SMILES string of the molecule is Cc1nc(NCCc2ccc3c(c2)OCO3)c2c3c(sc2n1)CCCC3. The van der Waals surface area contributed by atoms with Crippen LogP contribution in [0.5, 0.6) is 11.5 Å². The molecule has 0 atom stereocenters. The predicted octanol–water partition coefficient (Wildman–Crippen LogP) is 4.26. The lowest BCUT2D eigenvalue weighted by Gasteiger charge is -2.13. The van der Waals surface area contributed by atoms with Gasteiger partial charge in [-0.3, -0.25) is 0 Å². The summed E-state index contributed by atoms with van der Waals surface area (Å²) < 4.78 is 10.8. The molecule has 134 valence electrons. The summed E-state index contributed by atoms with van der Waals surface area (Å²) in [5.41, 5.74) is 2.71. The highest BCUT2D eigenvalue weighted by Gasteiger charge is 2.20. The second-order valence-corrected chi connectivity index (χ2v) is 7.96. The summed E-state index contributed by atoms with van der Waals surface area (Å²) in [5.74, 6) is 3.50. The number of fused-ring (bicyclic) bond motifs is 4. The molecule has 0 bridgehead atoms. The third-order valence-electron chi connectivity index (χ3n) is 5.07. The first-order valence-electron chi connectivity index (χ1n) is 9.19. The van der Waals surface area contributed by atoms with E-state index in [0.29, 0.717) is 6.79 Å². The molecule has 1 aromatic carbocycles. The van der Waals surface area contributed by atoms with Gasteiger partial charge in [0, 0.05) is 11.4 Å². The molecule has 2 aromatic heterocycles. The van der Waals surface area contributed by atoms with E-state index in [1.54, 1.807) is 0 Å². The molecule has 0 radical (unpaired) electrons. The molecule has 2 aliphatic rings. The van der Waals surface area contributed by atoms with Crippen LogP contribution in [0.2, 0.25) is 0 Å². The van der Waals surface area contributed by atoms with E-state index in [9.17, 15) is 0 Å². The quantitative estimate of drug-likeness (QED) is 0.747. The van der Waals surface area contributed by atoms with Crippen LogP contribution >= 0.6 is 11.3 Å². The van der Waals surface area contributed by atoms with Gasteiger partial charge in [-0.05, 0) is 62.3 Å². The molecule has 26 heavy (non-hydrogen) atoms. The molecule has 3 aromatic rings. The number of nitrogens with zero attached hydrogens (tertiary/aromatic N) is 2. The molecule has 5 nitrogen and oxygen atoms in total. The first kappa shape index (κ1) is 15.9. The van der Waals surface area contributed by atoms with Gasteiger partial charge in [-0.25, -0.2) is 9.97 Å². The zero-order valence-electron chi connectivity index (χ0n) is 14.8. The number of aromatic nitrogens is 2. The van der Waals surface area contributed by atoms with Gasteiger partial charge in [0.15, 0.2) is 11.5 Å². The summed E-state index contributed by atoms with van der Waals surface area (Å²) >= 11 is 1.85. The van der Waals surface area contributed by atoms with Crippen LogP contribution in [-0.4, -0.2) is 23.3 Å². The lowest BCUT2D eigenvalue weighted by molar-refractivity contribution is 0.174. The van der Waals surface area contributed by atoms with Crippen LogP contribution in [0.15, 0.2) is 18.2 Å². The number of hydrogen-bond donors (Lipinski definition) is 1. The van der Waals surface area contributed by atoms with E-state index >= 15 is 0 Å². The summed E-state index contributed by atoms with van der Waals surface area (Å²) in [6.07, 6.45) is 5.81. The number of nitrogens with one attached hydrogen (secondary N) is 1. The van der Waals surface area contributed by atoms with Crippen LogP contribution in [0.4, 0.5) is 5.82 Å². The van der Waals surface area contributed by atoms with Crippen LogP contribution in [0.25, 0.3) is 10.2 Å². The number of rotatable bonds is 4. The van der Waals surface area contributed by atoms with Gasteiger partial charge in [0.2, 0.25) is 6.79 Å². The van der Waals surface area contributed by atoms with E-state index < -0.39 is 0 Å². The van der Waals surface area contributed by atoms with Gasteiger partial charge < -0.3 is 14.8 Å². The minimum absolute atomic E-state index is 0.318. The average molecular weight is 367 g/mol. The van der Waals surface area contributed by atoms with Gasteiger partial charge >= 0.3 is 0 Å². The predicted molar refractivity (Wildman–Crippen MR) is 104 cm³/mol. The minimum atomic E-state index is 0.318. The number of anilines is 1. The highest BCUT2D eigenvalue weighted by molar-refractivity contribution is 7.19. The Bertz CT molecular complexity index is 983. The van der Waals surface area contributed by atoms with E-state index in [0.717, 1.165) is 47.4 Å². The maximum atomic E-state index is 5.47. The Balaban J connectivity index is 1.38. The fourth-order valence-corrected chi connectivity index (χ4v) is 5.12. The van der Waals surface area contributed by atoms with Crippen LogP contribution in [0, 0.1) is 6.92 Å². The molecule has 0 fully saturated rings. The van der Waals surface area contributed by atoms with Crippen molar-refractivity contribution in [2.75, 3.05) is 18.7 Å². The average Bonchev–Trinajstić information content (AvgIpc) is 3.24. The van der Waals surface area contributed by atoms with Crippen molar-refractivity contribution in [3.05, 3.63) is 40.0 Å². The Labute approximate surface area is 156 Å². The van der Waals surface area contributed by atoms with Gasteiger partial charge in [-0.2, -0.15) is 0 Å². The standard InChI is InChI=1S/C20H21N3O2S/c1-12-22-19(18-14-4-2-3-5-17(14)26-20(18)23-12)21-9-8-13-6-7-15-16(10-13)25-11-24-15/h6-7,10H,2-5,8-9,11H2,1H3,(H,21,22,23). The van der Waals surface area contributed by atoms with Crippen molar-refractivity contribution in [3.63, 3.8) is 0 Å². The molecule has 0 saturated heterocycles. The first-order chi connectivity index (χ1) is 12.8. The van der Waals surface area contributed by atoms with E-state index in [4.69, 9.17) is 14.5 Å². The Hall–Kier alpha value is -2.34. The summed E-state index contributed by atoms with van der Waals surface area (Å²) in [6.45, 7) is 3.12. The normalized spacial score (nSPS) is 15.3. The van der Waals surface area contributed by atoms with Crippen molar-refractivity contribution < 1.29 is 9.47 Å². The number of thiophene rings is 1. The minimum Gasteiger partial charge on any atom is -0.454 e. The zero-order valence-corrected chi connectivity index (χ0v) is 15.6. The molecule has 0 amide bonds. The van der Waals surface area contributed by atoms with Crippen LogP contribution < -0.4 is 14.8 Å². The fourth-order valence-electron chi connectivity index (χ4n) is 3.81. The molecule has 1 N–H and O–H groups in total. The van der Waals surface area contributed by atoms with Crippen molar-refractivity contribution in [3.8, 4) is 11.5 Å². The Kier molecular flexibility index (Phi) is 3.93. The summed E-state index contributed by atoms with van der Waals surface area (Å²) in [6, 6.07) is 6.15. The molecule has 5 rings (SSSR count). The summed E-state index contributed by atoms with van der Waals surface area (Å²) in [7, 11) is 0. The summed E-state index contributed by atoms with van der Waals surface area (Å²) in [5, 5.41) is 4.82. The van der Waals surface area contributed by atoms with Crippen molar-refractivity contribution in [2.45, 2.75) is 39.0 Å². The Morgan fingerprint density at radius 2 is 2.00 bits per heavy atom. The Morgan fingerprint density at radius 3 is 2.96 bits per heavy atom. The number of aryl methyl sites for hydroxylation is 3. The van der Waals surface area contributed by atoms with Gasteiger partial charge in [-0.15, -0.1) is 11.3 Å². The number of hydrogen-bond acceptors (Lipinski definition) is 6. The lowest BCUT2D eigenvalue weighted by Crippen LogP contribution is -2.09. The highest BCUT2D eigenvalue weighted by atomic mass is 32.1. The van der Waals surface area contributed by atoms with Gasteiger partial charge in [0.05, 0.1) is 5.39 Å². The molecule has 1 aliphatic heterocycles. The van der Waals surface area contributed by atoms with Crippen LogP contribution in [-0.2, 0) is 19.3 Å².